The molecule has 0 bridgehead atoms. The number of hydrogen-bond acceptors (Lipinski definition) is 4. The van der Waals surface area contributed by atoms with E-state index < -0.39 is 0 Å². The fraction of sp³-hybridized carbons (Fsp3) is 0.412. The molecule has 0 saturated heterocycles. The second-order valence-corrected chi connectivity index (χ2v) is 6.29. The highest BCUT2D eigenvalue weighted by Crippen LogP contribution is 2.21. The quantitative estimate of drug-likeness (QED) is 0.777. The molecule has 0 saturated carbocycles. The van der Waals surface area contributed by atoms with Gasteiger partial charge in [-0.15, -0.1) is 11.3 Å². The highest BCUT2D eigenvalue weighted by atomic mass is 32.1. The lowest BCUT2D eigenvalue weighted by Gasteiger charge is -2.15. The van der Waals surface area contributed by atoms with Gasteiger partial charge in [0.25, 0.3) is 5.91 Å². The zero-order valence-corrected chi connectivity index (χ0v) is 14.2. The Labute approximate surface area is 135 Å². The summed E-state index contributed by atoms with van der Waals surface area (Å²) >= 11 is 1.42. The summed E-state index contributed by atoms with van der Waals surface area (Å²) in [5.74, 6) is 0.859. The van der Waals surface area contributed by atoms with E-state index >= 15 is 0 Å². The summed E-state index contributed by atoms with van der Waals surface area (Å²) in [6.45, 7) is 5.17. The van der Waals surface area contributed by atoms with E-state index in [9.17, 15) is 4.79 Å². The third-order valence-corrected chi connectivity index (χ3v) is 4.45. The molecule has 0 atom stereocenters. The van der Waals surface area contributed by atoms with Crippen molar-refractivity contribution < 1.29 is 9.53 Å². The molecule has 0 spiro atoms. The van der Waals surface area contributed by atoms with Crippen LogP contribution in [0.1, 0.15) is 40.1 Å². The standard InChI is InChI=1S/C17H22N2O2S/c1-4-5-11-19(3)17(20)16-13(2)18-15(22-16)12-21-14-9-7-6-8-10-14/h6-10H,4-5,11-12H2,1-3H3. The normalized spacial score (nSPS) is 10.5. The Morgan fingerprint density at radius 2 is 2.05 bits per heavy atom. The maximum absolute atomic E-state index is 12.4. The number of ether oxygens (including phenoxy) is 1. The minimum Gasteiger partial charge on any atom is -0.486 e. The molecule has 22 heavy (non-hydrogen) atoms. The lowest BCUT2D eigenvalue weighted by atomic mass is 10.3. The first-order chi connectivity index (χ1) is 10.6. The largest absolute Gasteiger partial charge is 0.486 e. The van der Waals surface area contributed by atoms with Gasteiger partial charge in [0.15, 0.2) is 0 Å². The molecule has 1 amide bonds. The minimum atomic E-state index is 0.0504. The molecule has 1 aromatic carbocycles. The molecular formula is C17H22N2O2S. The molecule has 2 rings (SSSR count). The van der Waals surface area contributed by atoms with E-state index in [1.807, 2.05) is 44.3 Å². The van der Waals surface area contributed by atoms with Crippen molar-refractivity contribution in [1.82, 2.24) is 9.88 Å². The first kappa shape index (κ1) is 16.5. The Hall–Kier alpha value is -1.88. The summed E-state index contributed by atoms with van der Waals surface area (Å²) < 4.78 is 5.69. The van der Waals surface area contributed by atoms with Gasteiger partial charge in [-0.05, 0) is 25.5 Å². The number of para-hydroxylation sites is 1. The number of hydrogen-bond donors (Lipinski definition) is 0. The van der Waals surface area contributed by atoms with Crippen LogP contribution in [-0.2, 0) is 6.61 Å². The van der Waals surface area contributed by atoms with Crippen molar-refractivity contribution >= 4 is 17.2 Å². The summed E-state index contributed by atoms with van der Waals surface area (Å²) in [6.07, 6.45) is 2.10. The second kappa shape index (κ2) is 7.94. The van der Waals surface area contributed by atoms with E-state index in [1.54, 1.807) is 4.90 Å². The highest BCUT2D eigenvalue weighted by molar-refractivity contribution is 7.13. The van der Waals surface area contributed by atoms with E-state index in [1.165, 1.54) is 11.3 Å². The Bertz CT molecular complexity index is 610. The van der Waals surface area contributed by atoms with Gasteiger partial charge in [-0.1, -0.05) is 31.5 Å². The number of carbonyl (C=O) groups excluding carboxylic acids is 1. The van der Waals surface area contributed by atoms with Crippen LogP contribution in [0.25, 0.3) is 0 Å². The van der Waals surface area contributed by atoms with E-state index in [0.29, 0.717) is 11.5 Å². The molecule has 0 unspecified atom stereocenters. The monoisotopic (exact) mass is 318 g/mol. The summed E-state index contributed by atoms with van der Waals surface area (Å²) in [5, 5.41) is 0.827. The summed E-state index contributed by atoms with van der Waals surface area (Å²) in [4.78, 5) is 19.4. The van der Waals surface area contributed by atoms with Crippen LogP contribution in [0.2, 0.25) is 0 Å². The van der Waals surface area contributed by atoms with Crippen LogP contribution in [0.4, 0.5) is 0 Å². The fourth-order valence-electron chi connectivity index (χ4n) is 2.04. The van der Waals surface area contributed by atoms with Crippen molar-refractivity contribution in [3.63, 3.8) is 0 Å². The maximum atomic E-state index is 12.4. The third-order valence-electron chi connectivity index (χ3n) is 3.33. The van der Waals surface area contributed by atoms with E-state index in [0.717, 1.165) is 35.8 Å². The predicted molar refractivity (Wildman–Crippen MR) is 89.5 cm³/mol. The van der Waals surface area contributed by atoms with Crippen LogP contribution in [0.15, 0.2) is 30.3 Å². The van der Waals surface area contributed by atoms with Crippen molar-refractivity contribution in [2.24, 2.45) is 0 Å². The average Bonchev–Trinajstić information content (AvgIpc) is 2.91. The van der Waals surface area contributed by atoms with Crippen molar-refractivity contribution in [2.45, 2.75) is 33.3 Å². The lowest BCUT2D eigenvalue weighted by molar-refractivity contribution is 0.0797. The van der Waals surface area contributed by atoms with Gasteiger partial charge in [-0.3, -0.25) is 4.79 Å². The summed E-state index contributed by atoms with van der Waals surface area (Å²) in [5.41, 5.74) is 0.782. The second-order valence-electron chi connectivity index (χ2n) is 5.20. The molecule has 0 aliphatic heterocycles. The minimum absolute atomic E-state index is 0.0504. The Morgan fingerprint density at radius 3 is 2.73 bits per heavy atom. The number of benzene rings is 1. The molecule has 0 aliphatic rings. The fourth-order valence-corrected chi connectivity index (χ4v) is 3.02. The summed E-state index contributed by atoms with van der Waals surface area (Å²) in [6, 6.07) is 9.62. The Balaban J connectivity index is 2.00. The maximum Gasteiger partial charge on any atom is 0.265 e. The van der Waals surface area contributed by atoms with Gasteiger partial charge in [-0.25, -0.2) is 4.98 Å². The molecule has 0 fully saturated rings. The van der Waals surface area contributed by atoms with E-state index in [2.05, 4.69) is 11.9 Å². The zero-order valence-electron chi connectivity index (χ0n) is 13.3. The number of aromatic nitrogens is 1. The van der Waals surface area contributed by atoms with Gasteiger partial charge in [0.1, 0.15) is 22.2 Å². The van der Waals surface area contributed by atoms with Crippen molar-refractivity contribution in [1.29, 1.82) is 0 Å². The number of nitrogens with zero attached hydrogens (tertiary/aromatic N) is 2. The number of rotatable bonds is 7. The van der Waals surface area contributed by atoms with Gasteiger partial charge in [-0.2, -0.15) is 0 Å². The van der Waals surface area contributed by atoms with Gasteiger partial charge in [0.05, 0.1) is 5.69 Å². The molecule has 0 radical (unpaired) electrons. The molecule has 1 heterocycles. The molecular weight excluding hydrogens is 296 g/mol. The van der Waals surface area contributed by atoms with Crippen LogP contribution in [0, 0.1) is 6.92 Å². The van der Waals surface area contributed by atoms with Gasteiger partial charge in [0, 0.05) is 13.6 Å². The van der Waals surface area contributed by atoms with Gasteiger partial charge >= 0.3 is 0 Å². The SMILES string of the molecule is CCCCN(C)C(=O)c1sc(COc2ccccc2)nc1C. The third kappa shape index (κ3) is 4.31. The van der Waals surface area contributed by atoms with Crippen LogP contribution in [0.3, 0.4) is 0 Å². The lowest BCUT2D eigenvalue weighted by Crippen LogP contribution is -2.27. The first-order valence-corrected chi connectivity index (χ1v) is 8.33. The van der Waals surface area contributed by atoms with Crippen molar-refractivity contribution in [2.75, 3.05) is 13.6 Å². The zero-order chi connectivity index (χ0) is 15.9. The first-order valence-electron chi connectivity index (χ1n) is 7.51. The summed E-state index contributed by atoms with van der Waals surface area (Å²) in [7, 11) is 1.84. The van der Waals surface area contributed by atoms with Crippen LogP contribution < -0.4 is 4.74 Å². The highest BCUT2D eigenvalue weighted by Gasteiger charge is 2.18. The molecule has 2 aromatic rings. The predicted octanol–water partition coefficient (Wildman–Crippen LogP) is 3.90. The van der Waals surface area contributed by atoms with Crippen LogP contribution in [0.5, 0.6) is 5.75 Å². The van der Waals surface area contributed by atoms with E-state index in [-0.39, 0.29) is 5.91 Å². The number of carbonyl (C=O) groups is 1. The number of aryl methyl sites for hydroxylation is 1. The molecule has 4 nitrogen and oxygen atoms in total. The molecule has 118 valence electrons. The van der Waals surface area contributed by atoms with Crippen molar-refractivity contribution in [3.05, 3.63) is 45.9 Å². The molecule has 0 N–H and O–H groups in total. The topological polar surface area (TPSA) is 42.4 Å². The molecule has 5 heteroatoms. The number of thiazole rings is 1. The van der Waals surface area contributed by atoms with E-state index in [4.69, 9.17) is 4.74 Å². The Morgan fingerprint density at radius 1 is 1.32 bits per heavy atom. The van der Waals surface area contributed by atoms with Gasteiger partial charge < -0.3 is 9.64 Å². The molecule has 1 aromatic heterocycles. The van der Waals surface area contributed by atoms with Gasteiger partial charge in [0.2, 0.25) is 0 Å². The number of unbranched alkanes of at least 4 members (excludes halogenated alkanes) is 1. The molecule has 0 aliphatic carbocycles. The van der Waals surface area contributed by atoms with Crippen LogP contribution >= 0.6 is 11.3 Å². The van der Waals surface area contributed by atoms with Crippen molar-refractivity contribution in [3.8, 4) is 5.75 Å². The number of amides is 1. The smallest absolute Gasteiger partial charge is 0.265 e. The Kier molecular flexibility index (Phi) is 5.95. The average molecular weight is 318 g/mol. The van der Waals surface area contributed by atoms with Crippen LogP contribution in [-0.4, -0.2) is 29.4 Å².